The predicted molar refractivity (Wildman–Crippen MR) is 99.6 cm³/mol. The molecule has 2 amide bonds. The van der Waals surface area contributed by atoms with Gasteiger partial charge in [0.05, 0.1) is 0 Å². The number of piperazine rings is 1. The first-order valence-electron chi connectivity index (χ1n) is 9.25. The molecule has 27 heavy (non-hydrogen) atoms. The maximum atomic E-state index is 13.3. The van der Waals surface area contributed by atoms with Crippen LogP contribution in [0.15, 0.2) is 18.2 Å². The molecule has 1 fully saturated rings. The van der Waals surface area contributed by atoms with Crippen LogP contribution in [0.1, 0.15) is 46.1 Å². The number of carbonyl (C=O) groups is 2. The summed E-state index contributed by atoms with van der Waals surface area (Å²) in [7, 11) is 0. The highest BCUT2D eigenvalue weighted by Crippen LogP contribution is 2.19. The van der Waals surface area contributed by atoms with Crippen molar-refractivity contribution in [2.75, 3.05) is 6.54 Å². The van der Waals surface area contributed by atoms with Crippen molar-refractivity contribution in [1.82, 2.24) is 10.2 Å². The van der Waals surface area contributed by atoms with Gasteiger partial charge in [0.2, 0.25) is 5.91 Å². The average Bonchev–Trinajstić information content (AvgIpc) is 2.57. The molecule has 1 saturated heterocycles. The van der Waals surface area contributed by atoms with E-state index in [0.29, 0.717) is 18.9 Å². The normalized spacial score (nSPS) is 19.7. The maximum Gasteiger partial charge on any atom is 0.299 e. The molecule has 1 aromatic carbocycles. The minimum Gasteiger partial charge on any atom is -0.350 e. The average molecular weight is 376 g/mol. The summed E-state index contributed by atoms with van der Waals surface area (Å²) in [5, 5.41) is 3.00. The fraction of sp³-hybridized carbons (Fsp3) is 0.524. The second kappa shape index (κ2) is 8.98. The van der Waals surface area contributed by atoms with Crippen LogP contribution in [0.2, 0.25) is 0 Å². The van der Waals surface area contributed by atoms with Crippen LogP contribution < -0.4 is 5.32 Å². The highest BCUT2D eigenvalue weighted by molar-refractivity contribution is 5.98. The van der Waals surface area contributed by atoms with E-state index >= 15 is 0 Å². The monoisotopic (exact) mass is 376 g/mol. The van der Waals surface area contributed by atoms with Crippen LogP contribution in [-0.2, 0) is 9.59 Å². The lowest BCUT2D eigenvalue weighted by molar-refractivity contribution is -0.142. The number of hydrogen-bond donors (Lipinski definition) is 1. The third-order valence-corrected chi connectivity index (χ3v) is 4.39. The molecule has 4 nitrogen and oxygen atoms in total. The summed E-state index contributed by atoms with van der Waals surface area (Å²) < 4.78 is 26.3. The van der Waals surface area contributed by atoms with Crippen LogP contribution in [-0.4, -0.2) is 35.3 Å². The highest BCUT2D eigenvalue weighted by atomic mass is 19.2. The minimum absolute atomic E-state index is 0.116. The van der Waals surface area contributed by atoms with Crippen molar-refractivity contribution >= 4 is 11.8 Å². The first-order chi connectivity index (χ1) is 12.7. The van der Waals surface area contributed by atoms with Gasteiger partial charge in [0, 0.05) is 24.1 Å². The summed E-state index contributed by atoms with van der Waals surface area (Å²) in [6.07, 6.45) is 1.30. The zero-order valence-corrected chi connectivity index (χ0v) is 16.2. The van der Waals surface area contributed by atoms with E-state index in [1.165, 1.54) is 11.0 Å². The lowest BCUT2D eigenvalue weighted by Gasteiger charge is -2.39. The first kappa shape index (κ1) is 20.9. The molecule has 146 valence electrons. The second-order valence-electron chi connectivity index (χ2n) is 7.82. The van der Waals surface area contributed by atoms with Crippen LogP contribution in [0.4, 0.5) is 8.78 Å². The molecule has 2 atom stereocenters. The molecule has 0 saturated carbocycles. The Labute approximate surface area is 159 Å². The first-order valence-corrected chi connectivity index (χ1v) is 9.25. The van der Waals surface area contributed by atoms with Gasteiger partial charge in [-0.3, -0.25) is 9.59 Å². The van der Waals surface area contributed by atoms with E-state index in [1.54, 1.807) is 0 Å². The third kappa shape index (κ3) is 5.78. The van der Waals surface area contributed by atoms with Crippen molar-refractivity contribution in [3.8, 4) is 11.8 Å². The summed E-state index contributed by atoms with van der Waals surface area (Å²) in [6, 6.07) is 2.55. The zero-order chi connectivity index (χ0) is 20.1. The van der Waals surface area contributed by atoms with Crippen LogP contribution in [0.5, 0.6) is 0 Å². The third-order valence-electron chi connectivity index (χ3n) is 4.39. The van der Waals surface area contributed by atoms with E-state index in [-0.39, 0.29) is 23.4 Å². The molecule has 1 aliphatic heterocycles. The van der Waals surface area contributed by atoms with Gasteiger partial charge in [-0.15, -0.1) is 0 Å². The summed E-state index contributed by atoms with van der Waals surface area (Å²) >= 11 is 0. The number of halogens is 2. The van der Waals surface area contributed by atoms with Gasteiger partial charge in [0.15, 0.2) is 11.6 Å². The molecule has 0 unspecified atom stereocenters. The number of amides is 2. The molecule has 0 aliphatic carbocycles. The van der Waals surface area contributed by atoms with Crippen molar-refractivity contribution in [3.05, 3.63) is 35.4 Å². The van der Waals surface area contributed by atoms with E-state index < -0.39 is 23.6 Å². The fourth-order valence-electron chi connectivity index (χ4n) is 3.23. The molecule has 1 N–H and O–H groups in total. The minimum atomic E-state index is -1.01. The Balaban J connectivity index is 2.23. The molecule has 1 aliphatic rings. The fourth-order valence-corrected chi connectivity index (χ4v) is 3.23. The summed E-state index contributed by atoms with van der Waals surface area (Å²) in [4.78, 5) is 26.8. The van der Waals surface area contributed by atoms with Gasteiger partial charge in [0.1, 0.15) is 6.04 Å². The lowest BCUT2D eigenvalue weighted by Crippen LogP contribution is -2.61. The molecule has 0 spiro atoms. The van der Waals surface area contributed by atoms with E-state index in [4.69, 9.17) is 0 Å². The standard InChI is InChI=1S/C21H26F2N2O2/c1-13(2)9-16-12-25(19(10-14(3)4)21(27)24-16)20(26)8-6-15-5-7-17(22)18(23)11-15/h5,7,11,13-14,16,19H,9-10,12H2,1-4H3,(H,24,27)/t16-,19-/m0/s1. The van der Waals surface area contributed by atoms with Crippen molar-refractivity contribution in [2.45, 2.75) is 52.6 Å². The Kier molecular flexibility index (Phi) is 6.95. The number of hydrogen-bond acceptors (Lipinski definition) is 2. The molecule has 0 radical (unpaired) electrons. The number of nitrogens with one attached hydrogen (secondary N) is 1. The van der Waals surface area contributed by atoms with Gasteiger partial charge in [-0.1, -0.05) is 33.6 Å². The Hall–Kier alpha value is -2.42. The van der Waals surface area contributed by atoms with Crippen LogP contribution >= 0.6 is 0 Å². The van der Waals surface area contributed by atoms with Gasteiger partial charge in [-0.25, -0.2) is 8.78 Å². The predicted octanol–water partition coefficient (Wildman–Crippen LogP) is 3.10. The van der Waals surface area contributed by atoms with Crippen molar-refractivity contribution in [1.29, 1.82) is 0 Å². The summed E-state index contributed by atoms with van der Waals surface area (Å²) in [5.41, 5.74) is 0.211. The van der Waals surface area contributed by atoms with Gasteiger partial charge in [0.25, 0.3) is 5.91 Å². The SMILES string of the molecule is CC(C)C[C@H]1CN(C(=O)C#Cc2ccc(F)c(F)c2)[C@@H](CC(C)C)C(=O)N1. The summed E-state index contributed by atoms with van der Waals surface area (Å²) in [6.45, 7) is 8.49. The van der Waals surface area contributed by atoms with Crippen LogP contribution in [0.3, 0.4) is 0 Å². The van der Waals surface area contributed by atoms with E-state index in [2.05, 4.69) is 31.0 Å². The second-order valence-corrected chi connectivity index (χ2v) is 7.82. The van der Waals surface area contributed by atoms with E-state index in [1.807, 2.05) is 13.8 Å². The van der Waals surface area contributed by atoms with Gasteiger partial charge in [-0.05, 0) is 42.9 Å². The Morgan fingerprint density at radius 2 is 1.85 bits per heavy atom. The lowest BCUT2D eigenvalue weighted by atomic mass is 9.95. The highest BCUT2D eigenvalue weighted by Gasteiger charge is 2.37. The Morgan fingerprint density at radius 1 is 1.19 bits per heavy atom. The van der Waals surface area contributed by atoms with Crippen molar-refractivity contribution in [2.24, 2.45) is 11.8 Å². The largest absolute Gasteiger partial charge is 0.350 e. The van der Waals surface area contributed by atoms with Gasteiger partial charge >= 0.3 is 0 Å². The Bertz CT molecular complexity index is 765. The zero-order valence-electron chi connectivity index (χ0n) is 16.2. The molecule has 0 aromatic heterocycles. The maximum absolute atomic E-state index is 13.3. The van der Waals surface area contributed by atoms with E-state index in [0.717, 1.165) is 18.6 Å². The Morgan fingerprint density at radius 3 is 2.44 bits per heavy atom. The molecular formula is C21H26F2N2O2. The quantitative estimate of drug-likeness (QED) is 0.821. The van der Waals surface area contributed by atoms with Crippen molar-refractivity contribution in [3.63, 3.8) is 0 Å². The van der Waals surface area contributed by atoms with Crippen LogP contribution in [0, 0.1) is 35.3 Å². The van der Waals surface area contributed by atoms with Gasteiger partial charge < -0.3 is 10.2 Å². The van der Waals surface area contributed by atoms with E-state index in [9.17, 15) is 18.4 Å². The topological polar surface area (TPSA) is 49.4 Å². The summed E-state index contributed by atoms with van der Waals surface area (Å²) in [5.74, 6) is 3.05. The van der Waals surface area contributed by atoms with Gasteiger partial charge in [-0.2, -0.15) is 0 Å². The molecule has 0 bridgehead atoms. The number of benzene rings is 1. The molecule has 1 aromatic rings. The number of rotatable bonds is 4. The molecule has 1 heterocycles. The number of nitrogens with zero attached hydrogens (tertiary/aromatic N) is 1. The molecule has 6 heteroatoms. The van der Waals surface area contributed by atoms with Crippen LogP contribution in [0.25, 0.3) is 0 Å². The number of carbonyl (C=O) groups excluding carboxylic acids is 2. The smallest absolute Gasteiger partial charge is 0.299 e. The molecule has 2 rings (SSSR count). The molecular weight excluding hydrogens is 350 g/mol. The van der Waals surface area contributed by atoms with Crippen molar-refractivity contribution < 1.29 is 18.4 Å².